The molecule has 0 aliphatic rings. The number of halogens is 1. The lowest BCUT2D eigenvalue weighted by atomic mass is 10.1. The van der Waals surface area contributed by atoms with E-state index in [2.05, 4.69) is 5.32 Å². The first-order valence-corrected chi connectivity index (χ1v) is 9.97. The molecule has 140 valence electrons. The number of nitrogens with one attached hydrogen (secondary N) is 1. The van der Waals surface area contributed by atoms with Crippen LogP contribution in [0.2, 0.25) is 5.02 Å². The van der Waals surface area contributed by atoms with Crippen LogP contribution in [0.5, 0.6) is 11.5 Å². The molecule has 0 fully saturated rings. The minimum atomic E-state index is -0.135. The van der Waals surface area contributed by atoms with Crippen molar-refractivity contribution in [1.29, 1.82) is 0 Å². The fraction of sp³-hybridized carbons (Fsp3) is 0.350. The number of ether oxygens (including phenoxy) is 2. The van der Waals surface area contributed by atoms with Crippen LogP contribution in [0.1, 0.15) is 32.4 Å². The molecule has 0 bridgehead atoms. The van der Waals surface area contributed by atoms with Crippen LogP contribution in [0.4, 0.5) is 0 Å². The standard InChI is InChI=1S/C20H24ClNO3S/c1-4-24-17-11-10-15(12-18(17)25-5-2)14(3)22-20(23)13-26-19-9-7-6-8-16(19)21/h6-12,14H,4-5,13H2,1-3H3,(H,22,23). The summed E-state index contributed by atoms with van der Waals surface area (Å²) in [7, 11) is 0. The van der Waals surface area contributed by atoms with Gasteiger partial charge in [-0.15, -0.1) is 11.8 Å². The van der Waals surface area contributed by atoms with E-state index in [9.17, 15) is 4.79 Å². The monoisotopic (exact) mass is 393 g/mol. The Hall–Kier alpha value is -1.85. The van der Waals surface area contributed by atoms with E-state index < -0.39 is 0 Å². The van der Waals surface area contributed by atoms with Gasteiger partial charge in [0.15, 0.2) is 11.5 Å². The highest BCUT2D eigenvalue weighted by molar-refractivity contribution is 8.00. The van der Waals surface area contributed by atoms with Gasteiger partial charge in [0.05, 0.1) is 30.0 Å². The number of hydrogen-bond acceptors (Lipinski definition) is 4. The summed E-state index contributed by atoms with van der Waals surface area (Å²) >= 11 is 7.54. The lowest BCUT2D eigenvalue weighted by Crippen LogP contribution is -2.28. The molecule has 0 aliphatic heterocycles. The summed E-state index contributed by atoms with van der Waals surface area (Å²) < 4.78 is 11.2. The van der Waals surface area contributed by atoms with E-state index in [1.807, 2.05) is 63.2 Å². The molecule has 0 radical (unpaired) electrons. The van der Waals surface area contributed by atoms with Crippen molar-refractivity contribution in [2.24, 2.45) is 0 Å². The van der Waals surface area contributed by atoms with Crippen molar-refractivity contribution in [3.05, 3.63) is 53.1 Å². The van der Waals surface area contributed by atoms with Crippen LogP contribution >= 0.6 is 23.4 Å². The highest BCUT2D eigenvalue weighted by Gasteiger charge is 2.14. The predicted molar refractivity (Wildman–Crippen MR) is 108 cm³/mol. The zero-order chi connectivity index (χ0) is 18.9. The molecule has 0 aromatic heterocycles. The quantitative estimate of drug-likeness (QED) is 0.601. The molecule has 0 aliphatic carbocycles. The van der Waals surface area contributed by atoms with Crippen molar-refractivity contribution in [3.63, 3.8) is 0 Å². The van der Waals surface area contributed by atoms with Crippen LogP contribution in [0.3, 0.4) is 0 Å². The lowest BCUT2D eigenvalue weighted by Gasteiger charge is -2.17. The van der Waals surface area contributed by atoms with Gasteiger partial charge in [-0.1, -0.05) is 29.8 Å². The molecule has 6 heteroatoms. The molecule has 26 heavy (non-hydrogen) atoms. The summed E-state index contributed by atoms with van der Waals surface area (Å²) in [6.07, 6.45) is 0. The fourth-order valence-electron chi connectivity index (χ4n) is 2.41. The van der Waals surface area contributed by atoms with Gasteiger partial charge in [-0.25, -0.2) is 0 Å². The Morgan fingerprint density at radius 3 is 2.50 bits per heavy atom. The van der Waals surface area contributed by atoms with E-state index in [0.717, 1.165) is 10.5 Å². The maximum Gasteiger partial charge on any atom is 0.230 e. The van der Waals surface area contributed by atoms with Crippen molar-refractivity contribution >= 4 is 29.3 Å². The number of benzene rings is 2. The fourth-order valence-corrected chi connectivity index (χ4v) is 3.46. The molecule has 0 spiro atoms. The number of amides is 1. The number of thioether (sulfide) groups is 1. The Morgan fingerprint density at radius 2 is 1.81 bits per heavy atom. The van der Waals surface area contributed by atoms with Crippen LogP contribution in [-0.4, -0.2) is 24.9 Å². The van der Waals surface area contributed by atoms with Crippen molar-refractivity contribution < 1.29 is 14.3 Å². The zero-order valence-corrected chi connectivity index (χ0v) is 16.8. The van der Waals surface area contributed by atoms with Crippen LogP contribution < -0.4 is 14.8 Å². The summed E-state index contributed by atoms with van der Waals surface area (Å²) in [5.41, 5.74) is 0.966. The third kappa shape index (κ3) is 5.85. The minimum absolute atomic E-state index is 0.0470. The van der Waals surface area contributed by atoms with Gasteiger partial charge < -0.3 is 14.8 Å². The topological polar surface area (TPSA) is 47.6 Å². The maximum atomic E-state index is 12.3. The summed E-state index contributed by atoms with van der Waals surface area (Å²) in [5, 5.41) is 3.67. The van der Waals surface area contributed by atoms with Gasteiger partial charge in [-0.3, -0.25) is 4.79 Å². The second kappa shape index (κ2) is 10.3. The average Bonchev–Trinajstić information content (AvgIpc) is 2.63. The second-order valence-corrected chi connectivity index (χ2v) is 7.00. The molecule has 1 amide bonds. The normalized spacial score (nSPS) is 11.7. The molecular weight excluding hydrogens is 370 g/mol. The molecule has 4 nitrogen and oxygen atoms in total. The van der Waals surface area contributed by atoms with Crippen LogP contribution in [0.15, 0.2) is 47.4 Å². The van der Waals surface area contributed by atoms with Gasteiger partial charge in [-0.05, 0) is 50.6 Å². The first kappa shape index (κ1) is 20.5. The van der Waals surface area contributed by atoms with Crippen molar-refractivity contribution in [1.82, 2.24) is 5.32 Å². The molecule has 2 rings (SSSR count). The van der Waals surface area contributed by atoms with E-state index >= 15 is 0 Å². The SMILES string of the molecule is CCOc1ccc(C(C)NC(=O)CSc2ccccc2Cl)cc1OCC. The van der Waals surface area contributed by atoms with Crippen molar-refractivity contribution in [2.75, 3.05) is 19.0 Å². The Labute approximate surface area is 164 Å². The first-order chi connectivity index (χ1) is 12.5. The summed E-state index contributed by atoms with van der Waals surface area (Å²) in [6.45, 7) is 6.94. The smallest absolute Gasteiger partial charge is 0.230 e. The molecule has 2 aromatic carbocycles. The largest absolute Gasteiger partial charge is 0.490 e. The van der Waals surface area contributed by atoms with E-state index in [4.69, 9.17) is 21.1 Å². The van der Waals surface area contributed by atoms with Gasteiger partial charge in [0, 0.05) is 4.90 Å². The zero-order valence-electron chi connectivity index (χ0n) is 15.3. The van der Waals surface area contributed by atoms with Gasteiger partial charge in [0.2, 0.25) is 5.91 Å². The Bertz CT molecular complexity index is 739. The van der Waals surface area contributed by atoms with E-state index in [1.165, 1.54) is 11.8 Å². The van der Waals surface area contributed by atoms with Gasteiger partial charge in [-0.2, -0.15) is 0 Å². The average molecular weight is 394 g/mol. The van der Waals surface area contributed by atoms with Gasteiger partial charge in [0.1, 0.15) is 0 Å². The Morgan fingerprint density at radius 1 is 1.12 bits per heavy atom. The summed E-state index contributed by atoms with van der Waals surface area (Å²) in [4.78, 5) is 13.2. The molecule has 1 atom stereocenters. The second-order valence-electron chi connectivity index (χ2n) is 5.58. The molecule has 0 heterocycles. The molecule has 1 N–H and O–H groups in total. The molecule has 0 saturated heterocycles. The van der Waals surface area contributed by atoms with Crippen molar-refractivity contribution in [2.45, 2.75) is 31.7 Å². The number of rotatable bonds is 9. The third-order valence-electron chi connectivity index (χ3n) is 3.64. The number of carbonyl (C=O) groups excluding carboxylic acids is 1. The van der Waals surface area contributed by atoms with Gasteiger partial charge in [0.25, 0.3) is 0 Å². The Kier molecular flexibility index (Phi) is 8.13. The molecule has 2 aromatic rings. The Balaban J connectivity index is 1.97. The minimum Gasteiger partial charge on any atom is -0.490 e. The van der Waals surface area contributed by atoms with Crippen molar-refractivity contribution in [3.8, 4) is 11.5 Å². The van der Waals surface area contributed by atoms with Gasteiger partial charge >= 0.3 is 0 Å². The first-order valence-electron chi connectivity index (χ1n) is 8.61. The predicted octanol–water partition coefficient (Wildman–Crippen LogP) is 5.11. The summed E-state index contributed by atoms with van der Waals surface area (Å²) in [5.74, 6) is 1.67. The molecule has 0 saturated carbocycles. The number of hydrogen-bond donors (Lipinski definition) is 1. The van der Waals surface area contributed by atoms with Crippen LogP contribution in [0.25, 0.3) is 0 Å². The highest BCUT2D eigenvalue weighted by atomic mass is 35.5. The third-order valence-corrected chi connectivity index (χ3v) is 5.16. The van der Waals surface area contributed by atoms with E-state index in [0.29, 0.717) is 35.5 Å². The highest BCUT2D eigenvalue weighted by Crippen LogP contribution is 2.31. The number of carbonyl (C=O) groups is 1. The van der Waals surface area contributed by atoms with E-state index in [1.54, 1.807) is 0 Å². The summed E-state index contributed by atoms with van der Waals surface area (Å²) in [6, 6.07) is 13.1. The van der Waals surface area contributed by atoms with Crippen LogP contribution in [-0.2, 0) is 4.79 Å². The molecular formula is C20H24ClNO3S. The molecule has 1 unspecified atom stereocenters. The lowest BCUT2D eigenvalue weighted by molar-refractivity contribution is -0.119. The maximum absolute atomic E-state index is 12.3. The van der Waals surface area contributed by atoms with Crippen LogP contribution in [0, 0.1) is 0 Å². The van der Waals surface area contributed by atoms with E-state index in [-0.39, 0.29) is 11.9 Å².